The molecule has 3 aromatic rings. The minimum absolute atomic E-state index is 0.0274. The zero-order valence-corrected chi connectivity index (χ0v) is 15.8. The number of likely N-dealkylation sites (tertiary alicyclic amines) is 1. The van der Waals surface area contributed by atoms with Gasteiger partial charge in [0.05, 0.1) is 0 Å². The van der Waals surface area contributed by atoms with E-state index in [9.17, 15) is 4.79 Å². The van der Waals surface area contributed by atoms with Crippen molar-refractivity contribution in [1.29, 1.82) is 0 Å². The first-order chi connectivity index (χ1) is 13.6. The van der Waals surface area contributed by atoms with Crippen LogP contribution in [0.15, 0.2) is 36.4 Å². The molecule has 0 spiro atoms. The summed E-state index contributed by atoms with van der Waals surface area (Å²) in [6, 6.07) is 11.6. The van der Waals surface area contributed by atoms with Crippen molar-refractivity contribution in [2.24, 2.45) is 5.41 Å². The summed E-state index contributed by atoms with van der Waals surface area (Å²) in [6.07, 6.45) is 2.99. The molecule has 5 rings (SSSR count). The second-order valence-corrected chi connectivity index (χ2v) is 8.03. The van der Waals surface area contributed by atoms with E-state index in [-0.39, 0.29) is 18.1 Å². The van der Waals surface area contributed by atoms with E-state index in [1.54, 1.807) is 0 Å². The van der Waals surface area contributed by atoms with E-state index in [1.807, 2.05) is 29.2 Å². The summed E-state index contributed by atoms with van der Waals surface area (Å²) in [5.74, 6) is 1.67. The van der Waals surface area contributed by atoms with Crippen molar-refractivity contribution in [1.82, 2.24) is 20.3 Å². The van der Waals surface area contributed by atoms with Gasteiger partial charge in [-0.3, -0.25) is 4.79 Å². The number of nitrogens with one attached hydrogen (secondary N) is 1. The van der Waals surface area contributed by atoms with Gasteiger partial charge in [-0.05, 0) is 60.6 Å². The van der Waals surface area contributed by atoms with Crippen LogP contribution in [0.2, 0.25) is 0 Å². The van der Waals surface area contributed by atoms with Crippen LogP contribution in [0.4, 0.5) is 0 Å². The summed E-state index contributed by atoms with van der Waals surface area (Å²) in [4.78, 5) is 15.1. The number of piperidine rings is 1. The fraction of sp³-hybridized carbons (Fsp3) is 0.381. The molecule has 0 aliphatic carbocycles. The standard InChI is InChI=1S/C21H22N4O3/c1-21(11-14-3-6-18-19(9-14)28-13-27-18)7-2-8-25(12-21)20(26)15-4-5-16-17(10-15)23-24-22-16/h3-6,9-10H,2,7-8,11-13H2,1H3,(H,22,23,24). The molecule has 2 aliphatic rings. The van der Waals surface area contributed by atoms with Gasteiger partial charge in [-0.2, -0.15) is 15.4 Å². The van der Waals surface area contributed by atoms with Crippen LogP contribution in [0, 0.1) is 5.41 Å². The lowest BCUT2D eigenvalue weighted by Crippen LogP contribution is -2.45. The number of amides is 1. The fourth-order valence-electron chi connectivity index (χ4n) is 4.33. The van der Waals surface area contributed by atoms with Gasteiger partial charge < -0.3 is 14.4 Å². The highest BCUT2D eigenvalue weighted by Gasteiger charge is 2.34. The number of rotatable bonds is 3. The summed E-state index contributed by atoms with van der Waals surface area (Å²) >= 11 is 0. The second kappa shape index (κ2) is 6.51. The van der Waals surface area contributed by atoms with Gasteiger partial charge in [-0.1, -0.05) is 13.0 Å². The molecule has 1 amide bonds. The van der Waals surface area contributed by atoms with Crippen molar-refractivity contribution in [2.75, 3.05) is 19.9 Å². The maximum absolute atomic E-state index is 13.1. The minimum atomic E-state index is 0.0274. The summed E-state index contributed by atoms with van der Waals surface area (Å²) in [7, 11) is 0. The highest BCUT2D eigenvalue weighted by atomic mass is 16.7. The van der Waals surface area contributed by atoms with Crippen molar-refractivity contribution in [3.8, 4) is 11.5 Å². The number of aromatic amines is 1. The molecule has 1 unspecified atom stereocenters. The third-order valence-electron chi connectivity index (χ3n) is 5.70. The maximum Gasteiger partial charge on any atom is 0.253 e. The minimum Gasteiger partial charge on any atom is -0.454 e. The van der Waals surface area contributed by atoms with Crippen LogP contribution < -0.4 is 9.47 Å². The summed E-state index contributed by atoms with van der Waals surface area (Å²) in [5.41, 5.74) is 3.38. The molecule has 1 saturated heterocycles. The smallest absolute Gasteiger partial charge is 0.253 e. The number of benzene rings is 2. The number of carbonyl (C=O) groups is 1. The van der Waals surface area contributed by atoms with Gasteiger partial charge in [0.2, 0.25) is 6.79 Å². The van der Waals surface area contributed by atoms with Crippen LogP contribution in [0.25, 0.3) is 11.0 Å². The molecule has 0 bridgehead atoms. The molecule has 0 saturated carbocycles. The van der Waals surface area contributed by atoms with E-state index in [1.165, 1.54) is 5.56 Å². The van der Waals surface area contributed by atoms with Crippen LogP contribution in [0.5, 0.6) is 11.5 Å². The highest BCUT2D eigenvalue weighted by Crippen LogP contribution is 2.38. The number of nitrogens with zero attached hydrogens (tertiary/aromatic N) is 3. The molecular formula is C21H22N4O3. The van der Waals surface area contributed by atoms with Crippen LogP contribution in [0.3, 0.4) is 0 Å². The maximum atomic E-state index is 13.1. The molecule has 1 atom stereocenters. The van der Waals surface area contributed by atoms with E-state index in [0.29, 0.717) is 11.1 Å². The molecule has 2 aliphatic heterocycles. The van der Waals surface area contributed by atoms with Gasteiger partial charge in [0.25, 0.3) is 5.91 Å². The van der Waals surface area contributed by atoms with Crippen LogP contribution in [-0.2, 0) is 6.42 Å². The number of hydrogen-bond donors (Lipinski definition) is 1. The third kappa shape index (κ3) is 3.06. The SMILES string of the molecule is CC1(Cc2ccc3c(c2)OCO3)CCCN(C(=O)c2ccc3n[nH]nc3c2)C1. The van der Waals surface area contributed by atoms with E-state index in [0.717, 1.165) is 49.4 Å². The number of H-pyrrole nitrogens is 1. The molecule has 3 heterocycles. The van der Waals surface area contributed by atoms with Gasteiger partial charge >= 0.3 is 0 Å². The number of hydrogen-bond acceptors (Lipinski definition) is 5. The molecule has 7 nitrogen and oxygen atoms in total. The Labute approximate surface area is 162 Å². The lowest BCUT2D eigenvalue weighted by molar-refractivity contribution is 0.0551. The Morgan fingerprint density at radius 3 is 2.93 bits per heavy atom. The Kier molecular flexibility index (Phi) is 3.96. The molecule has 2 aromatic carbocycles. The predicted octanol–water partition coefficient (Wildman–Crippen LogP) is 3.17. The van der Waals surface area contributed by atoms with Crippen molar-refractivity contribution in [3.05, 3.63) is 47.5 Å². The first-order valence-electron chi connectivity index (χ1n) is 9.58. The molecular weight excluding hydrogens is 356 g/mol. The molecule has 1 aromatic heterocycles. The first-order valence-corrected chi connectivity index (χ1v) is 9.58. The zero-order chi connectivity index (χ0) is 19.1. The largest absolute Gasteiger partial charge is 0.454 e. The average molecular weight is 378 g/mol. The summed E-state index contributed by atoms with van der Waals surface area (Å²) < 4.78 is 10.9. The summed E-state index contributed by atoms with van der Waals surface area (Å²) in [6.45, 7) is 4.07. The number of ether oxygens (including phenoxy) is 2. The Balaban J connectivity index is 1.33. The van der Waals surface area contributed by atoms with Crippen LogP contribution >= 0.6 is 0 Å². The van der Waals surface area contributed by atoms with Crippen molar-refractivity contribution in [2.45, 2.75) is 26.2 Å². The van der Waals surface area contributed by atoms with Crippen LogP contribution in [-0.4, -0.2) is 46.1 Å². The van der Waals surface area contributed by atoms with Crippen molar-refractivity contribution < 1.29 is 14.3 Å². The van der Waals surface area contributed by atoms with Crippen LogP contribution in [0.1, 0.15) is 35.7 Å². The van der Waals surface area contributed by atoms with E-state index in [4.69, 9.17) is 9.47 Å². The Morgan fingerprint density at radius 1 is 1.14 bits per heavy atom. The van der Waals surface area contributed by atoms with Gasteiger partial charge in [0, 0.05) is 18.7 Å². The van der Waals surface area contributed by atoms with Gasteiger partial charge in [-0.15, -0.1) is 0 Å². The predicted molar refractivity (Wildman–Crippen MR) is 103 cm³/mol. The lowest BCUT2D eigenvalue weighted by Gasteiger charge is -2.40. The zero-order valence-electron chi connectivity index (χ0n) is 15.8. The van der Waals surface area contributed by atoms with Gasteiger partial charge in [0.1, 0.15) is 11.0 Å². The normalized spacial score (nSPS) is 21.2. The Morgan fingerprint density at radius 2 is 2.00 bits per heavy atom. The molecule has 7 heteroatoms. The lowest BCUT2D eigenvalue weighted by atomic mass is 9.76. The highest BCUT2D eigenvalue weighted by molar-refractivity contribution is 5.97. The molecule has 1 N–H and O–H groups in total. The molecule has 1 fully saturated rings. The van der Waals surface area contributed by atoms with Crippen molar-refractivity contribution in [3.63, 3.8) is 0 Å². The Hall–Kier alpha value is -3.09. The molecule has 28 heavy (non-hydrogen) atoms. The topological polar surface area (TPSA) is 80.3 Å². The van der Waals surface area contributed by atoms with E-state index in [2.05, 4.69) is 34.5 Å². The molecule has 0 radical (unpaired) electrons. The third-order valence-corrected chi connectivity index (χ3v) is 5.70. The Bertz CT molecular complexity index is 1050. The first kappa shape index (κ1) is 17.0. The number of aromatic nitrogens is 3. The van der Waals surface area contributed by atoms with Crippen molar-refractivity contribution >= 4 is 16.9 Å². The quantitative estimate of drug-likeness (QED) is 0.757. The van der Waals surface area contributed by atoms with E-state index < -0.39 is 0 Å². The summed E-state index contributed by atoms with van der Waals surface area (Å²) in [5, 5.41) is 10.7. The van der Waals surface area contributed by atoms with Gasteiger partial charge in [-0.25, -0.2) is 0 Å². The monoisotopic (exact) mass is 378 g/mol. The average Bonchev–Trinajstić information content (AvgIpc) is 3.35. The number of fused-ring (bicyclic) bond motifs is 2. The fourth-order valence-corrected chi connectivity index (χ4v) is 4.33. The van der Waals surface area contributed by atoms with E-state index >= 15 is 0 Å². The van der Waals surface area contributed by atoms with Gasteiger partial charge in [0.15, 0.2) is 11.5 Å². The molecule has 144 valence electrons. The second-order valence-electron chi connectivity index (χ2n) is 8.03. The number of carbonyl (C=O) groups excluding carboxylic acids is 1.